The number of carbonyl (C=O) groups is 1. The maximum absolute atomic E-state index is 15.6. The second-order valence-corrected chi connectivity index (χ2v) is 15.7. The molecule has 5 aromatic rings. The topological polar surface area (TPSA) is 114 Å². The van der Waals surface area contributed by atoms with Gasteiger partial charge in [-0.15, -0.1) is 0 Å². The number of carboxylic acids is 1. The van der Waals surface area contributed by atoms with Crippen LogP contribution in [0.15, 0.2) is 79.1 Å². The smallest absolute Gasteiger partial charge is 0.303 e. The summed E-state index contributed by atoms with van der Waals surface area (Å²) in [5.41, 5.74) is 4.07. The van der Waals surface area contributed by atoms with Gasteiger partial charge >= 0.3 is 5.97 Å². The number of ether oxygens (including phenoxy) is 1. The van der Waals surface area contributed by atoms with Gasteiger partial charge in [0, 0.05) is 40.5 Å². The Morgan fingerprint density at radius 3 is 2.77 bits per heavy atom. The first-order valence-electron chi connectivity index (χ1n) is 16.0. The molecule has 0 fully saturated rings. The van der Waals surface area contributed by atoms with Gasteiger partial charge in [0.1, 0.15) is 5.75 Å². The second kappa shape index (κ2) is 13.0. The lowest BCUT2D eigenvalue weighted by molar-refractivity contribution is -0.137. The maximum atomic E-state index is 15.6. The summed E-state index contributed by atoms with van der Waals surface area (Å²) in [6.45, 7) is 5.86. The number of nitrogens with one attached hydrogen (secondary N) is 1. The fraction of sp³-hybridized carbons (Fsp3) is 0.351. The average molecular weight is 658 g/mol. The molecule has 4 bridgehead atoms. The van der Waals surface area contributed by atoms with Crippen molar-refractivity contribution in [2.45, 2.75) is 64.8 Å². The zero-order valence-corrected chi connectivity index (χ0v) is 27.7. The van der Waals surface area contributed by atoms with Crippen LogP contribution < -0.4 is 4.74 Å². The van der Waals surface area contributed by atoms with E-state index in [1.807, 2.05) is 80.2 Å². The molecule has 2 N–H and O–H groups in total. The Labute approximate surface area is 274 Å². The molecule has 0 amide bonds. The van der Waals surface area contributed by atoms with Gasteiger partial charge in [0.2, 0.25) is 0 Å². The standard InChI is InChI=1S/C37H40FN3O5S/c1-24(19-35(42)43)25-7-4-9-27(20-25)34-11-6-15-37(2,3)23-47(44,45)18-14-30-29-12-16-39-33(29)22-31(38)36(30)46-28-10-5-8-26(21-28)32-13-17-41(34)40-32/h4-5,7-10,12-13,16-17,20-22,24,34,39H,6,11,14-15,18-19,23H2,1-3H3,(H,42,43). The van der Waals surface area contributed by atoms with E-state index < -0.39 is 27.0 Å². The Morgan fingerprint density at radius 1 is 1.15 bits per heavy atom. The number of carboxylic acid groups (broad SMARTS) is 1. The van der Waals surface area contributed by atoms with E-state index in [0.29, 0.717) is 29.7 Å². The molecule has 3 heterocycles. The van der Waals surface area contributed by atoms with E-state index in [2.05, 4.69) is 11.1 Å². The first kappa shape index (κ1) is 32.5. The van der Waals surface area contributed by atoms with Crippen LogP contribution in [0.5, 0.6) is 11.5 Å². The molecule has 47 heavy (non-hydrogen) atoms. The molecule has 10 heteroatoms. The highest BCUT2D eigenvalue weighted by Crippen LogP contribution is 2.38. The first-order chi connectivity index (χ1) is 22.4. The molecule has 1 aliphatic rings. The first-order valence-corrected chi connectivity index (χ1v) is 17.8. The lowest BCUT2D eigenvalue weighted by Crippen LogP contribution is -2.27. The number of sulfone groups is 1. The molecule has 0 saturated heterocycles. The average Bonchev–Trinajstić information content (AvgIpc) is 3.68. The van der Waals surface area contributed by atoms with Gasteiger partial charge in [0.05, 0.1) is 29.7 Å². The molecule has 6 rings (SSSR count). The van der Waals surface area contributed by atoms with Crippen LogP contribution in [0.3, 0.4) is 0 Å². The largest absolute Gasteiger partial charge is 0.481 e. The fourth-order valence-electron chi connectivity index (χ4n) is 6.76. The van der Waals surface area contributed by atoms with Gasteiger partial charge in [-0.05, 0) is 66.0 Å². The number of aromatic nitrogens is 3. The quantitative estimate of drug-likeness (QED) is 0.201. The predicted molar refractivity (Wildman–Crippen MR) is 181 cm³/mol. The molecule has 0 radical (unpaired) electrons. The fourth-order valence-corrected chi connectivity index (χ4v) is 8.75. The molecule has 3 aromatic carbocycles. The summed E-state index contributed by atoms with van der Waals surface area (Å²) in [4.78, 5) is 14.5. The second-order valence-electron chi connectivity index (χ2n) is 13.5. The van der Waals surface area contributed by atoms with Crippen molar-refractivity contribution < 1.29 is 27.4 Å². The van der Waals surface area contributed by atoms with Crippen LogP contribution in [0, 0.1) is 11.2 Å². The minimum absolute atomic E-state index is 0.00258. The molecular formula is C37H40FN3O5S. The molecule has 2 atom stereocenters. The van der Waals surface area contributed by atoms with E-state index in [1.54, 1.807) is 12.3 Å². The molecule has 8 nitrogen and oxygen atoms in total. The highest BCUT2D eigenvalue weighted by atomic mass is 32.2. The van der Waals surface area contributed by atoms with Gasteiger partial charge in [0.25, 0.3) is 0 Å². The number of H-pyrrole nitrogens is 1. The summed E-state index contributed by atoms with van der Waals surface area (Å²) in [7, 11) is -3.51. The highest BCUT2D eigenvalue weighted by molar-refractivity contribution is 7.91. The van der Waals surface area contributed by atoms with Crippen LogP contribution in [0.2, 0.25) is 0 Å². The number of nitrogens with zero attached hydrogens (tertiary/aromatic N) is 2. The molecule has 1 aliphatic heterocycles. The van der Waals surface area contributed by atoms with Crippen molar-refractivity contribution in [3.8, 4) is 22.8 Å². The Hall–Kier alpha value is -4.44. The van der Waals surface area contributed by atoms with E-state index in [9.17, 15) is 18.3 Å². The zero-order chi connectivity index (χ0) is 33.3. The number of aryl methyl sites for hydroxylation is 1. The molecule has 246 valence electrons. The van der Waals surface area contributed by atoms with Crippen molar-refractivity contribution >= 4 is 26.7 Å². The van der Waals surface area contributed by atoms with Gasteiger partial charge in [-0.3, -0.25) is 9.48 Å². The Kier molecular flexibility index (Phi) is 8.98. The lowest BCUT2D eigenvalue weighted by Gasteiger charge is -2.26. The van der Waals surface area contributed by atoms with Crippen molar-refractivity contribution in [1.82, 2.24) is 14.8 Å². The maximum Gasteiger partial charge on any atom is 0.303 e. The van der Waals surface area contributed by atoms with E-state index in [-0.39, 0.29) is 42.1 Å². The zero-order valence-electron chi connectivity index (χ0n) is 26.9. The monoisotopic (exact) mass is 657 g/mol. The number of rotatable bonds is 4. The van der Waals surface area contributed by atoms with Crippen molar-refractivity contribution in [3.05, 3.63) is 102 Å². The van der Waals surface area contributed by atoms with Crippen LogP contribution in [0.25, 0.3) is 22.2 Å². The summed E-state index contributed by atoms with van der Waals surface area (Å²) in [6, 6.07) is 20.3. The Morgan fingerprint density at radius 2 is 1.96 bits per heavy atom. The van der Waals surface area contributed by atoms with Crippen molar-refractivity contribution in [1.29, 1.82) is 0 Å². The highest BCUT2D eigenvalue weighted by Gasteiger charge is 2.28. The van der Waals surface area contributed by atoms with Crippen molar-refractivity contribution in [3.63, 3.8) is 0 Å². The van der Waals surface area contributed by atoms with Crippen LogP contribution in [0.4, 0.5) is 4.39 Å². The number of fused-ring (bicyclic) bond motifs is 8. The van der Waals surface area contributed by atoms with Crippen LogP contribution in [-0.4, -0.2) is 45.8 Å². The van der Waals surface area contributed by atoms with E-state index in [1.165, 1.54) is 6.07 Å². The number of hydrogen-bond acceptors (Lipinski definition) is 5. The molecule has 2 aromatic heterocycles. The molecule has 0 spiro atoms. The normalized spacial score (nSPS) is 18.8. The van der Waals surface area contributed by atoms with E-state index >= 15 is 4.39 Å². The number of hydrogen-bond donors (Lipinski definition) is 2. The van der Waals surface area contributed by atoms with E-state index in [0.717, 1.165) is 34.2 Å². The molecule has 0 saturated carbocycles. The SMILES string of the molecule is CC(CC(=O)O)c1cccc(C2CCCC(C)(C)CS(=O)(=O)CCc3c(c(F)cc4[nH]ccc34)Oc3cccc(c3)-c3ccn2n3)c1. The number of benzene rings is 3. The summed E-state index contributed by atoms with van der Waals surface area (Å²) in [6.07, 6.45) is 5.92. The minimum Gasteiger partial charge on any atom is -0.481 e. The Bertz CT molecular complexity index is 2030. The van der Waals surface area contributed by atoms with Crippen molar-refractivity contribution in [2.75, 3.05) is 11.5 Å². The predicted octanol–water partition coefficient (Wildman–Crippen LogP) is 8.30. The summed E-state index contributed by atoms with van der Waals surface area (Å²) in [5, 5.41) is 15.1. The van der Waals surface area contributed by atoms with Gasteiger partial charge in [-0.2, -0.15) is 5.10 Å². The number of halogens is 1. The minimum atomic E-state index is -3.51. The molecule has 2 unspecified atom stereocenters. The van der Waals surface area contributed by atoms with Crippen LogP contribution in [0.1, 0.15) is 75.1 Å². The summed E-state index contributed by atoms with van der Waals surface area (Å²) < 4.78 is 50.8. The van der Waals surface area contributed by atoms with Gasteiger partial charge in [-0.25, -0.2) is 12.8 Å². The third-order valence-electron chi connectivity index (χ3n) is 9.09. The van der Waals surface area contributed by atoms with Crippen molar-refractivity contribution in [2.24, 2.45) is 5.41 Å². The third kappa shape index (κ3) is 7.43. The summed E-state index contributed by atoms with van der Waals surface area (Å²) in [5.74, 6) is -1.27. The summed E-state index contributed by atoms with van der Waals surface area (Å²) >= 11 is 0. The molecule has 0 aliphatic carbocycles. The van der Waals surface area contributed by atoms with Crippen LogP contribution in [-0.2, 0) is 21.1 Å². The van der Waals surface area contributed by atoms with Crippen LogP contribution >= 0.6 is 0 Å². The van der Waals surface area contributed by atoms with Gasteiger partial charge in [0.15, 0.2) is 21.4 Å². The lowest BCUT2D eigenvalue weighted by atomic mass is 9.87. The molecular weight excluding hydrogens is 617 g/mol. The van der Waals surface area contributed by atoms with Gasteiger partial charge in [-0.1, -0.05) is 63.6 Å². The van der Waals surface area contributed by atoms with E-state index in [4.69, 9.17) is 9.84 Å². The third-order valence-corrected chi connectivity index (χ3v) is 11.1. The van der Waals surface area contributed by atoms with Gasteiger partial charge < -0.3 is 14.8 Å². The Balaban J connectivity index is 1.42. The number of aliphatic carboxylic acids is 1. The number of aromatic amines is 1.